The number of nitrogens with zero attached hydrogens (tertiary/aromatic N) is 2. The highest BCUT2D eigenvalue weighted by molar-refractivity contribution is 7.25. The molecule has 3 heterocycles. The van der Waals surface area contributed by atoms with Crippen molar-refractivity contribution in [3.05, 3.63) is 133 Å². The highest BCUT2D eigenvalue weighted by Gasteiger charge is 2.22. The number of benzene rings is 7. The van der Waals surface area contributed by atoms with Gasteiger partial charge in [-0.1, -0.05) is 72.8 Å². The topological polar surface area (TPSA) is 42.4 Å². The van der Waals surface area contributed by atoms with Crippen LogP contribution in [-0.4, -0.2) is 4.98 Å². The van der Waals surface area contributed by atoms with E-state index in [1.807, 2.05) is 35.6 Å². The minimum atomic E-state index is 0.598. The van der Waals surface area contributed by atoms with E-state index in [0.29, 0.717) is 5.89 Å². The zero-order valence-electron chi connectivity index (χ0n) is 23.3. The summed E-state index contributed by atoms with van der Waals surface area (Å²) in [6.07, 6.45) is 0. The van der Waals surface area contributed by atoms with Gasteiger partial charge in [-0.3, -0.25) is 0 Å². The van der Waals surface area contributed by atoms with Gasteiger partial charge in [0.05, 0.1) is 0 Å². The molecule has 10 aromatic rings. The third kappa shape index (κ3) is 3.36. The number of hydrogen-bond donors (Lipinski definition) is 0. The number of aromatic nitrogens is 1. The number of furan rings is 1. The largest absolute Gasteiger partial charge is 0.456 e. The van der Waals surface area contributed by atoms with Gasteiger partial charge in [0.1, 0.15) is 16.7 Å². The van der Waals surface area contributed by atoms with Crippen molar-refractivity contribution in [2.75, 3.05) is 4.90 Å². The van der Waals surface area contributed by atoms with Crippen LogP contribution in [0.15, 0.2) is 142 Å². The van der Waals surface area contributed by atoms with E-state index in [9.17, 15) is 0 Å². The fourth-order valence-corrected chi connectivity index (χ4v) is 7.86. The summed E-state index contributed by atoms with van der Waals surface area (Å²) in [7, 11) is 0. The molecule has 0 unspecified atom stereocenters. The lowest BCUT2D eigenvalue weighted by Crippen LogP contribution is -2.09. The molecule has 0 aliphatic rings. The van der Waals surface area contributed by atoms with Gasteiger partial charge in [-0.05, 0) is 60.7 Å². The molecule has 0 aliphatic carbocycles. The monoisotopic (exact) mass is 582 g/mol. The second-order valence-electron chi connectivity index (χ2n) is 11.2. The summed E-state index contributed by atoms with van der Waals surface area (Å²) in [5.41, 5.74) is 7.52. The van der Waals surface area contributed by atoms with Gasteiger partial charge in [0.2, 0.25) is 5.89 Å². The molecular weight excluding hydrogens is 561 g/mol. The maximum Gasteiger partial charge on any atom is 0.227 e. The molecular formula is C39H22N2O2S. The summed E-state index contributed by atoms with van der Waals surface area (Å²) in [6, 6.07) is 46.6. The average molecular weight is 583 g/mol. The first kappa shape index (κ1) is 23.9. The van der Waals surface area contributed by atoms with Gasteiger partial charge >= 0.3 is 0 Å². The molecule has 3 aromatic heterocycles. The molecule has 0 saturated carbocycles. The molecule has 0 spiro atoms. The van der Waals surface area contributed by atoms with Crippen molar-refractivity contribution in [2.45, 2.75) is 0 Å². The van der Waals surface area contributed by atoms with Crippen molar-refractivity contribution >= 4 is 92.4 Å². The average Bonchev–Trinajstić information content (AvgIpc) is 3.79. The van der Waals surface area contributed by atoms with E-state index in [1.165, 1.54) is 20.2 Å². The summed E-state index contributed by atoms with van der Waals surface area (Å²) in [4.78, 5) is 7.40. The van der Waals surface area contributed by atoms with Crippen molar-refractivity contribution in [1.82, 2.24) is 4.98 Å². The Labute approximate surface area is 255 Å². The lowest BCUT2D eigenvalue weighted by Gasteiger charge is -2.25. The van der Waals surface area contributed by atoms with E-state index in [-0.39, 0.29) is 0 Å². The third-order valence-electron chi connectivity index (χ3n) is 8.64. The minimum absolute atomic E-state index is 0.598. The summed E-state index contributed by atoms with van der Waals surface area (Å²) >= 11 is 1.83. The molecule has 0 aliphatic heterocycles. The number of fused-ring (bicyclic) bond motifs is 6. The first-order chi connectivity index (χ1) is 21.8. The van der Waals surface area contributed by atoms with Gasteiger partial charge in [-0.15, -0.1) is 11.3 Å². The summed E-state index contributed by atoms with van der Waals surface area (Å²) in [6.45, 7) is 0. The highest BCUT2D eigenvalue weighted by atomic mass is 32.1. The van der Waals surface area contributed by atoms with Crippen molar-refractivity contribution in [1.29, 1.82) is 0 Å². The minimum Gasteiger partial charge on any atom is -0.456 e. The maximum absolute atomic E-state index is 6.61. The van der Waals surface area contributed by atoms with E-state index < -0.39 is 0 Å². The smallest absolute Gasteiger partial charge is 0.227 e. The molecule has 0 radical (unpaired) electrons. The van der Waals surface area contributed by atoms with Crippen LogP contribution in [0.4, 0.5) is 17.1 Å². The number of oxazole rings is 1. The molecule has 0 fully saturated rings. The van der Waals surface area contributed by atoms with Crippen LogP contribution in [0, 0.1) is 0 Å². The normalized spacial score (nSPS) is 12.1. The Bertz CT molecular complexity index is 2600. The first-order valence-corrected chi connectivity index (χ1v) is 15.4. The van der Waals surface area contributed by atoms with E-state index in [0.717, 1.165) is 66.4 Å². The molecule has 5 heteroatoms. The van der Waals surface area contributed by atoms with Gasteiger partial charge in [-0.2, -0.15) is 0 Å². The SMILES string of the molecule is c1ccc(N(c2cccc(-c3nc4c5cccc6oc7cccc(c4o3)c7c65)c2)c2ccc3c(c2)sc2ccccc23)cc1. The molecule has 0 atom stereocenters. The van der Waals surface area contributed by atoms with Crippen LogP contribution in [-0.2, 0) is 0 Å². The van der Waals surface area contributed by atoms with Crippen LogP contribution in [0.5, 0.6) is 0 Å². The summed E-state index contributed by atoms with van der Waals surface area (Å²) in [5.74, 6) is 0.598. The molecule has 0 bridgehead atoms. The Balaban J connectivity index is 1.16. The van der Waals surface area contributed by atoms with Crippen molar-refractivity contribution in [2.24, 2.45) is 0 Å². The lowest BCUT2D eigenvalue weighted by molar-refractivity contribution is 0.623. The third-order valence-corrected chi connectivity index (χ3v) is 9.77. The molecule has 10 rings (SSSR count). The predicted octanol–water partition coefficient (Wildman–Crippen LogP) is 11.8. The Kier molecular flexibility index (Phi) is 4.84. The number of rotatable bonds is 4. The van der Waals surface area contributed by atoms with Gasteiger partial charge in [-0.25, -0.2) is 4.98 Å². The number of para-hydroxylation sites is 1. The standard InChI is InChI=1S/C39H22N2O2S/c1-2-10-24(11-3-1)41(26-19-20-28-27-13-4-5-18-33(27)44-34(28)22-26)25-12-6-9-23(21-25)39-40-37-29-14-7-16-31-35(29)36-30(38(37)43-39)15-8-17-32(36)42-31/h1-22H. The van der Waals surface area contributed by atoms with Crippen LogP contribution in [0.2, 0.25) is 0 Å². The number of anilines is 3. The van der Waals surface area contributed by atoms with Gasteiger partial charge < -0.3 is 13.7 Å². The van der Waals surface area contributed by atoms with Gasteiger partial charge in [0.15, 0.2) is 5.58 Å². The Hall–Kier alpha value is -5.65. The molecule has 4 nitrogen and oxygen atoms in total. The lowest BCUT2D eigenvalue weighted by atomic mass is 10.0. The van der Waals surface area contributed by atoms with Crippen LogP contribution in [0.1, 0.15) is 0 Å². The van der Waals surface area contributed by atoms with E-state index in [2.05, 4.69) is 114 Å². The second-order valence-corrected chi connectivity index (χ2v) is 12.2. The quantitative estimate of drug-likeness (QED) is 0.194. The zero-order chi connectivity index (χ0) is 28.8. The first-order valence-electron chi connectivity index (χ1n) is 14.6. The van der Waals surface area contributed by atoms with Crippen LogP contribution >= 0.6 is 11.3 Å². The summed E-state index contributed by atoms with van der Waals surface area (Å²) < 4.78 is 15.3. The fraction of sp³-hybridized carbons (Fsp3) is 0. The molecule has 0 saturated heterocycles. The second kappa shape index (κ2) is 8.93. The van der Waals surface area contributed by atoms with Crippen molar-refractivity contribution in [3.63, 3.8) is 0 Å². The number of thiophene rings is 1. The Morgan fingerprint density at radius 3 is 2.07 bits per heavy atom. The molecule has 206 valence electrons. The van der Waals surface area contributed by atoms with Gasteiger partial charge in [0, 0.05) is 64.3 Å². The number of hydrogen-bond acceptors (Lipinski definition) is 5. The molecule has 7 aromatic carbocycles. The van der Waals surface area contributed by atoms with Crippen LogP contribution in [0.25, 0.3) is 75.4 Å². The molecule has 0 amide bonds. The van der Waals surface area contributed by atoms with Crippen molar-refractivity contribution in [3.8, 4) is 11.5 Å². The Morgan fingerprint density at radius 2 is 1.18 bits per heavy atom. The molecule has 44 heavy (non-hydrogen) atoms. The highest BCUT2D eigenvalue weighted by Crippen LogP contribution is 2.44. The van der Waals surface area contributed by atoms with Gasteiger partial charge in [0.25, 0.3) is 0 Å². The van der Waals surface area contributed by atoms with E-state index in [4.69, 9.17) is 13.8 Å². The predicted molar refractivity (Wildman–Crippen MR) is 183 cm³/mol. The Morgan fingerprint density at radius 1 is 0.500 bits per heavy atom. The van der Waals surface area contributed by atoms with E-state index >= 15 is 0 Å². The van der Waals surface area contributed by atoms with Crippen molar-refractivity contribution < 1.29 is 8.83 Å². The molecule has 0 N–H and O–H groups in total. The maximum atomic E-state index is 6.61. The fourth-order valence-electron chi connectivity index (χ4n) is 6.72. The van der Waals surface area contributed by atoms with Crippen LogP contribution < -0.4 is 4.90 Å². The van der Waals surface area contributed by atoms with E-state index in [1.54, 1.807) is 0 Å². The summed E-state index contributed by atoms with van der Waals surface area (Å²) in [5, 5.41) is 6.84. The zero-order valence-corrected chi connectivity index (χ0v) is 24.1. The van der Waals surface area contributed by atoms with Crippen LogP contribution in [0.3, 0.4) is 0 Å².